The average Bonchev–Trinajstić information content (AvgIpc) is 3.45. The molecule has 1 fully saturated rings. The first-order valence-electron chi connectivity index (χ1n) is 14.2. The minimum absolute atomic E-state index is 0.0155. The van der Waals surface area contributed by atoms with Gasteiger partial charge < -0.3 is 25.2 Å². The molecule has 6 rings (SSSR count). The average molecular weight is 602 g/mol. The zero-order chi connectivity index (χ0) is 30.6. The van der Waals surface area contributed by atoms with Crippen molar-refractivity contribution in [3.05, 3.63) is 73.1 Å². The number of aromatic nitrogens is 2. The Morgan fingerprint density at radius 2 is 2.02 bits per heavy atom. The SMILES string of the molecule is CN1C/C(=C/C(=N)Nc2cc(-c3ccnc(N4CCc5c(sc6c5CC(C)(C)C6)C4=O)c3CO)cn(C)c2=O)NCC1=O. The van der Waals surface area contributed by atoms with E-state index in [9.17, 15) is 19.5 Å². The first-order valence-corrected chi connectivity index (χ1v) is 15.1. The maximum Gasteiger partial charge on any atom is 0.274 e. The number of nitrogens with one attached hydrogen (secondary N) is 3. The van der Waals surface area contributed by atoms with Gasteiger partial charge in [-0.1, -0.05) is 13.8 Å². The zero-order valence-corrected chi connectivity index (χ0v) is 25.5. The number of hydrogen-bond donors (Lipinski definition) is 4. The number of rotatable bonds is 5. The molecular weight excluding hydrogens is 566 g/mol. The summed E-state index contributed by atoms with van der Waals surface area (Å²) >= 11 is 1.59. The number of amidine groups is 1. The third kappa shape index (κ3) is 5.25. The molecule has 0 bridgehead atoms. The standard InChI is InChI=1S/C31H35N7O4S/c1-31(2)11-21-20-6-8-38(30(42)27(20)43-24(21)12-31)28-22(16-39)19(5-7-33-28)17-9-23(29(41)37(4)14-17)35-25(32)10-18-15-36(3)26(40)13-34-18/h5,7,9-10,14,34,39H,6,8,11-13,15-16H2,1-4H3,(H2,32,35)/b18-10-. The van der Waals surface area contributed by atoms with Gasteiger partial charge in [-0.15, -0.1) is 11.3 Å². The summed E-state index contributed by atoms with van der Waals surface area (Å²) in [5.74, 6) is 0.265. The van der Waals surface area contributed by atoms with Crippen LogP contribution in [0.5, 0.6) is 0 Å². The Balaban J connectivity index is 1.30. The van der Waals surface area contributed by atoms with Gasteiger partial charge in [-0.2, -0.15) is 0 Å². The van der Waals surface area contributed by atoms with E-state index in [0.717, 1.165) is 24.1 Å². The number of aliphatic hydroxyl groups excluding tert-OH is 1. The molecule has 43 heavy (non-hydrogen) atoms. The van der Waals surface area contributed by atoms with Gasteiger partial charge in [-0.05, 0) is 53.5 Å². The highest BCUT2D eigenvalue weighted by atomic mass is 32.1. The number of nitrogens with zero attached hydrogens (tertiary/aromatic N) is 4. The molecule has 2 aliphatic heterocycles. The van der Waals surface area contributed by atoms with Crippen molar-refractivity contribution < 1.29 is 14.7 Å². The number of thiophene rings is 1. The minimum Gasteiger partial charge on any atom is -0.392 e. The van der Waals surface area contributed by atoms with Crippen LogP contribution in [-0.4, -0.2) is 63.9 Å². The lowest BCUT2D eigenvalue weighted by Crippen LogP contribution is -2.44. The number of hydrogen-bond acceptors (Lipinski definition) is 8. The summed E-state index contributed by atoms with van der Waals surface area (Å²) in [7, 11) is 3.31. The van der Waals surface area contributed by atoms with Gasteiger partial charge in [0, 0.05) is 60.8 Å². The van der Waals surface area contributed by atoms with Crippen molar-refractivity contribution in [1.82, 2.24) is 19.8 Å². The Labute approximate surface area is 253 Å². The molecule has 2 amide bonds. The van der Waals surface area contributed by atoms with Gasteiger partial charge in [0.2, 0.25) is 5.91 Å². The molecule has 0 spiro atoms. The molecule has 3 aliphatic rings. The Morgan fingerprint density at radius 1 is 1.23 bits per heavy atom. The van der Waals surface area contributed by atoms with Gasteiger partial charge in [0.25, 0.3) is 11.5 Å². The van der Waals surface area contributed by atoms with Crippen LogP contribution < -0.4 is 21.1 Å². The van der Waals surface area contributed by atoms with Crippen LogP contribution in [-0.2, 0) is 37.7 Å². The molecule has 0 aromatic carbocycles. The number of likely N-dealkylation sites (N-methyl/N-ethyl adjacent to an activating group) is 1. The lowest BCUT2D eigenvalue weighted by atomic mass is 9.89. The molecule has 224 valence electrons. The second kappa shape index (κ2) is 10.8. The van der Waals surface area contributed by atoms with Crippen molar-refractivity contribution in [2.24, 2.45) is 12.5 Å². The first kappa shape index (κ1) is 28.8. The van der Waals surface area contributed by atoms with Gasteiger partial charge in [-0.3, -0.25) is 24.7 Å². The lowest BCUT2D eigenvalue weighted by molar-refractivity contribution is -0.129. The van der Waals surface area contributed by atoms with Crippen LogP contribution in [0.3, 0.4) is 0 Å². The fourth-order valence-electron chi connectivity index (χ4n) is 6.23. The number of anilines is 2. The molecule has 5 heterocycles. The fraction of sp³-hybridized carbons (Fsp3) is 0.387. The van der Waals surface area contributed by atoms with E-state index in [1.165, 1.54) is 20.6 Å². The molecule has 11 nitrogen and oxygen atoms in total. The number of aryl methyl sites for hydroxylation is 1. The Hall–Kier alpha value is -4.29. The lowest BCUT2D eigenvalue weighted by Gasteiger charge is -2.29. The van der Waals surface area contributed by atoms with E-state index in [1.54, 1.807) is 65.8 Å². The summed E-state index contributed by atoms with van der Waals surface area (Å²) < 4.78 is 1.41. The predicted molar refractivity (Wildman–Crippen MR) is 167 cm³/mol. The first-order chi connectivity index (χ1) is 20.5. The van der Waals surface area contributed by atoms with Gasteiger partial charge in [-0.25, -0.2) is 4.98 Å². The van der Waals surface area contributed by atoms with Crippen LogP contribution in [0.2, 0.25) is 0 Å². The Kier molecular flexibility index (Phi) is 7.21. The number of piperazine rings is 1. The summed E-state index contributed by atoms with van der Waals surface area (Å²) in [6, 6.07) is 3.39. The van der Waals surface area contributed by atoms with Crippen LogP contribution >= 0.6 is 11.3 Å². The third-order valence-corrected chi connectivity index (χ3v) is 9.61. The molecule has 1 aliphatic carbocycles. The van der Waals surface area contributed by atoms with Gasteiger partial charge >= 0.3 is 0 Å². The van der Waals surface area contributed by atoms with E-state index in [4.69, 9.17) is 5.41 Å². The molecule has 0 atom stereocenters. The second-order valence-electron chi connectivity index (χ2n) is 12.2. The van der Waals surface area contributed by atoms with E-state index in [1.807, 2.05) is 0 Å². The van der Waals surface area contributed by atoms with E-state index >= 15 is 0 Å². The molecule has 1 saturated heterocycles. The van der Waals surface area contributed by atoms with Crippen LogP contribution in [0.4, 0.5) is 11.5 Å². The van der Waals surface area contributed by atoms with Gasteiger partial charge in [0.05, 0.1) is 24.6 Å². The second-order valence-corrected chi connectivity index (χ2v) is 13.3. The van der Waals surface area contributed by atoms with Crippen molar-refractivity contribution in [2.45, 2.75) is 39.7 Å². The predicted octanol–water partition coefficient (Wildman–Crippen LogP) is 2.66. The maximum atomic E-state index is 13.8. The summed E-state index contributed by atoms with van der Waals surface area (Å²) in [6.07, 6.45) is 7.54. The Bertz CT molecular complexity index is 1770. The molecule has 4 N–H and O–H groups in total. The van der Waals surface area contributed by atoms with E-state index < -0.39 is 0 Å². The highest BCUT2D eigenvalue weighted by Crippen LogP contribution is 2.46. The smallest absolute Gasteiger partial charge is 0.274 e. The fourth-order valence-corrected chi connectivity index (χ4v) is 7.80. The molecule has 3 aromatic heterocycles. The van der Waals surface area contributed by atoms with Crippen molar-refractivity contribution in [1.29, 1.82) is 5.41 Å². The number of carbonyl (C=O) groups excluding carboxylic acids is 2. The van der Waals surface area contributed by atoms with Gasteiger partial charge in [0.15, 0.2) is 0 Å². The van der Waals surface area contributed by atoms with Crippen LogP contribution in [0.25, 0.3) is 11.1 Å². The van der Waals surface area contributed by atoms with Crippen molar-refractivity contribution in [2.75, 3.05) is 36.9 Å². The van der Waals surface area contributed by atoms with Gasteiger partial charge in [0.1, 0.15) is 17.3 Å². The highest BCUT2D eigenvalue weighted by Gasteiger charge is 2.39. The molecule has 0 radical (unpaired) electrons. The van der Waals surface area contributed by atoms with Crippen molar-refractivity contribution in [3.8, 4) is 11.1 Å². The summed E-state index contributed by atoms with van der Waals surface area (Å²) in [5.41, 5.74) is 5.02. The van der Waals surface area contributed by atoms with Crippen molar-refractivity contribution in [3.63, 3.8) is 0 Å². The number of fused-ring (bicyclic) bond motifs is 3. The van der Waals surface area contributed by atoms with E-state index in [0.29, 0.717) is 41.3 Å². The Morgan fingerprint density at radius 3 is 2.77 bits per heavy atom. The topological polar surface area (TPSA) is 144 Å². The molecule has 0 unspecified atom stereocenters. The summed E-state index contributed by atoms with van der Waals surface area (Å²) in [4.78, 5) is 48.4. The summed E-state index contributed by atoms with van der Waals surface area (Å²) in [5, 5.41) is 24.9. The van der Waals surface area contributed by atoms with Crippen LogP contribution in [0.15, 0.2) is 41.1 Å². The van der Waals surface area contributed by atoms with Crippen molar-refractivity contribution >= 4 is 40.5 Å². The molecule has 0 saturated carbocycles. The zero-order valence-electron chi connectivity index (χ0n) is 24.7. The number of amides is 2. The molecule has 3 aromatic rings. The maximum absolute atomic E-state index is 13.8. The third-order valence-electron chi connectivity index (χ3n) is 8.35. The normalized spacial score (nSPS) is 18.5. The highest BCUT2D eigenvalue weighted by molar-refractivity contribution is 7.14. The van der Waals surface area contributed by atoms with E-state index in [2.05, 4.69) is 29.5 Å². The molecule has 12 heteroatoms. The quantitative estimate of drug-likeness (QED) is 0.260. The van der Waals surface area contributed by atoms with E-state index in [-0.39, 0.29) is 47.5 Å². The summed E-state index contributed by atoms with van der Waals surface area (Å²) in [6.45, 7) is 5.14. The number of pyridine rings is 2. The van der Waals surface area contributed by atoms with Crippen LogP contribution in [0.1, 0.15) is 45.1 Å². The monoisotopic (exact) mass is 601 g/mol. The minimum atomic E-state index is -0.351. The molecular formula is C31H35N7O4S. The largest absolute Gasteiger partial charge is 0.392 e. The van der Waals surface area contributed by atoms with Crippen LogP contribution in [0, 0.1) is 10.8 Å². The number of aliphatic hydroxyl groups is 1. The number of carbonyl (C=O) groups is 2.